The van der Waals surface area contributed by atoms with E-state index in [1.54, 1.807) is 0 Å². The molecule has 0 saturated carbocycles. The van der Waals surface area contributed by atoms with Crippen LogP contribution in [0.4, 0.5) is 0 Å². The van der Waals surface area contributed by atoms with Gasteiger partial charge in [-0.15, -0.1) is 0 Å². The fourth-order valence-electron chi connectivity index (χ4n) is 10.7. The van der Waals surface area contributed by atoms with Gasteiger partial charge in [0.05, 0.1) is 0 Å². The molecule has 0 amide bonds. The monoisotopic (exact) mass is 864 g/mol. The summed E-state index contributed by atoms with van der Waals surface area (Å²) in [4.78, 5) is 11.4. The van der Waals surface area contributed by atoms with Crippen LogP contribution in [0.2, 0.25) is 0 Å². The Morgan fingerprint density at radius 3 is 1.44 bits per heavy atom. The predicted molar refractivity (Wildman–Crippen MR) is 264 cm³/mol. The van der Waals surface area contributed by atoms with Crippen molar-refractivity contribution in [2.75, 3.05) is 0 Å². The van der Waals surface area contributed by atoms with Gasteiger partial charge in [-0.1, -0.05) is 18.2 Å². The molecule has 0 unspecified atom stereocenters. The summed E-state index contributed by atoms with van der Waals surface area (Å²) >= 11 is -3.84. The molecular formula is C58H38GeN4. The second-order valence-corrected chi connectivity index (χ2v) is 24.2. The minimum atomic E-state index is -3.84. The van der Waals surface area contributed by atoms with Gasteiger partial charge in [-0.05, 0) is 0 Å². The molecule has 0 radical (unpaired) electrons. The predicted octanol–water partition coefficient (Wildman–Crippen LogP) is 11.4. The quantitative estimate of drug-likeness (QED) is 0.156. The summed E-state index contributed by atoms with van der Waals surface area (Å²) < 4.78 is 10.3. The molecule has 0 fully saturated rings. The van der Waals surface area contributed by atoms with Gasteiger partial charge < -0.3 is 0 Å². The number of hydrogen-bond acceptors (Lipinski definition) is 2. The molecule has 0 N–H and O–H groups in total. The van der Waals surface area contributed by atoms with Crippen LogP contribution in [-0.4, -0.2) is 32.4 Å². The summed E-state index contributed by atoms with van der Waals surface area (Å²) in [7, 11) is 0. The first-order chi connectivity index (χ1) is 31.3. The van der Waals surface area contributed by atoms with Crippen molar-refractivity contribution in [3.05, 3.63) is 231 Å². The normalized spacial score (nSPS) is 12.9. The third-order valence-corrected chi connectivity index (χ3v) is 23.4. The second-order valence-electron chi connectivity index (χ2n) is 16.4. The molecule has 0 bridgehead atoms. The van der Waals surface area contributed by atoms with Crippen LogP contribution < -0.4 is 17.6 Å². The number of fused-ring (bicyclic) bond motifs is 10. The van der Waals surface area contributed by atoms with E-state index in [4.69, 9.17) is 9.97 Å². The SMILES string of the molecule is c1ccc(-c2nc(-c3ccccc3-n3c4ccccc4c4c5c6ccccc6n(-c6ccccc6)c5ccc43)[c]3c(n2)-c2cccc[c]2[Ge]3([c]2ccccc2)[c]2ccccc2)cc1. The summed E-state index contributed by atoms with van der Waals surface area (Å²) in [6.45, 7) is 0. The van der Waals surface area contributed by atoms with E-state index in [2.05, 4.69) is 240 Å². The molecule has 1 aliphatic rings. The van der Waals surface area contributed by atoms with E-state index in [9.17, 15) is 0 Å². The molecule has 4 nitrogen and oxygen atoms in total. The molecule has 13 rings (SSSR count). The van der Waals surface area contributed by atoms with Crippen LogP contribution in [-0.2, 0) is 0 Å². The van der Waals surface area contributed by atoms with Crippen molar-refractivity contribution >= 4 is 74.5 Å². The van der Waals surface area contributed by atoms with Crippen molar-refractivity contribution in [2.24, 2.45) is 0 Å². The fourth-order valence-corrected chi connectivity index (χ4v) is 21.7. The third-order valence-electron chi connectivity index (χ3n) is 13.2. The van der Waals surface area contributed by atoms with E-state index in [1.165, 1.54) is 55.7 Å². The van der Waals surface area contributed by atoms with Crippen LogP contribution in [0.25, 0.3) is 88.9 Å². The fraction of sp³-hybridized carbons (Fsp3) is 0. The number of aromatic nitrogens is 4. The van der Waals surface area contributed by atoms with Gasteiger partial charge in [-0.2, -0.15) is 0 Å². The standard InChI is InChI=1S/C58H38GeN4/c1-5-21-39(22-6-1)58-60-56-43-29-13-17-33-47(43)59(40-23-7-2-8-24-40,41-25-9-3-10-26-41)55(56)57(61-58)46-32-16-20-36-50(46)63-49-35-19-15-31-45(49)54-52(63)38-37-51-53(54)44-30-14-18-34-48(44)62(51)42-27-11-4-12-28-42/h1-38H. The van der Waals surface area contributed by atoms with Gasteiger partial charge in [0, 0.05) is 0 Å². The molecule has 0 atom stereocenters. The van der Waals surface area contributed by atoms with Crippen LogP contribution in [0.1, 0.15) is 0 Å². The molecule has 4 heterocycles. The second kappa shape index (κ2) is 14.1. The van der Waals surface area contributed by atoms with Crippen LogP contribution in [0.5, 0.6) is 0 Å². The van der Waals surface area contributed by atoms with Gasteiger partial charge in [0.2, 0.25) is 0 Å². The van der Waals surface area contributed by atoms with Gasteiger partial charge in [0.1, 0.15) is 0 Å². The number of para-hydroxylation sites is 4. The summed E-state index contributed by atoms with van der Waals surface area (Å²) in [6, 6.07) is 84.1. The van der Waals surface area contributed by atoms with Crippen LogP contribution >= 0.6 is 0 Å². The molecule has 9 aromatic carbocycles. The summed E-state index contributed by atoms with van der Waals surface area (Å²) in [5, 5.41) is 4.95. The number of nitrogens with zero attached hydrogens (tertiary/aromatic N) is 4. The average Bonchev–Trinajstić information content (AvgIpc) is 3.99. The zero-order chi connectivity index (χ0) is 41.5. The topological polar surface area (TPSA) is 35.6 Å². The molecule has 63 heavy (non-hydrogen) atoms. The van der Waals surface area contributed by atoms with E-state index in [-0.39, 0.29) is 0 Å². The van der Waals surface area contributed by atoms with Crippen LogP contribution in [0.3, 0.4) is 0 Å². The Morgan fingerprint density at radius 2 is 0.810 bits per heavy atom. The maximum absolute atomic E-state index is 5.79. The van der Waals surface area contributed by atoms with Crippen LogP contribution in [0.15, 0.2) is 231 Å². The zero-order valence-electron chi connectivity index (χ0n) is 34.2. The Morgan fingerprint density at radius 1 is 0.349 bits per heavy atom. The van der Waals surface area contributed by atoms with E-state index in [1.807, 2.05) is 0 Å². The molecule has 3 aromatic heterocycles. The Balaban J connectivity index is 1.17. The summed E-state index contributed by atoms with van der Waals surface area (Å²) in [6.07, 6.45) is 0. The summed E-state index contributed by atoms with van der Waals surface area (Å²) in [5.74, 6) is 0.728. The molecule has 0 saturated heterocycles. The Kier molecular flexibility index (Phi) is 8.05. The first-order valence-electron chi connectivity index (χ1n) is 21.6. The average molecular weight is 864 g/mol. The Labute approximate surface area is 367 Å². The Bertz CT molecular complexity index is 3690. The van der Waals surface area contributed by atoms with Crippen molar-refractivity contribution in [1.29, 1.82) is 0 Å². The maximum atomic E-state index is 5.79. The Hall–Kier alpha value is -7.80. The molecular weight excluding hydrogens is 825 g/mol. The van der Waals surface area contributed by atoms with Crippen molar-refractivity contribution < 1.29 is 0 Å². The third kappa shape index (κ3) is 5.16. The molecule has 12 aromatic rings. The molecule has 5 heteroatoms. The van der Waals surface area contributed by atoms with Gasteiger partial charge in [0.25, 0.3) is 0 Å². The van der Waals surface area contributed by atoms with Gasteiger partial charge in [-0.25, -0.2) is 0 Å². The van der Waals surface area contributed by atoms with Crippen molar-refractivity contribution in [3.8, 4) is 45.3 Å². The number of rotatable bonds is 6. The molecule has 294 valence electrons. The van der Waals surface area contributed by atoms with Crippen molar-refractivity contribution in [1.82, 2.24) is 19.1 Å². The van der Waals surface area contributed by atoms with E-state index in [0.717, 1.165) is 50.7 Å². The van der Waals surface area contributed by atoms with Gasteiger partial charge in [-0.3, -0.25) is 0 Å². The van der Waals surface area contributed by atoms with Gasteiger partial charge >= 0.3 is 351 Å². The first kappa shape index (κ1) is 35.9. The van der Waals surface area contributed by atoms with E-state index in [0.29, 0.717) is 0 Å². The summed E-state index contributed by atoms with van der Waals surface area (Å²) in [5.41, 5.74) is 12.2. The minimum absolute atomic E-state index is 0.728. The van der Waals surface area contributed by atoms with Crippen molar-refractivity contribution in [2.45, 2.75) is 0 Å². The van der Waals surface area contributed by atoms with Crippen LogP contribution in [0, 0.1) is 0 Å². The number of hydrogen-bond donors (Lipinski definition) is 0. The first-order valence-corrected chi connectivity index (χ1v) is 25.8. The van der Waals surface area contributed by atoms with Crippen molar-refractivity contribution in [3.63, 3.8) is 0 Å². The van der Waals surface area contributed by atoms with E-state index >= 15 is 0 Å². The molecule has 0 aliphatic carbocycles. The molecule has 0 spiro atoms. The van der Waals surface area contributed by atoms with Gasteiger partial charge in [0.15, 0.2) is 0 Å². The molecule has 1 aliphatic heterocycles. The number of benzene rings is 9. The van der Waals surface area contributed by atoms with E-state index < -0.39 is 13.3 Å². The zero-order valence-corrected chi connectivity index (χ0v) is 36.3.